The van der Waals surface area contributed by atoms with E-state index in [1.54, 1.807) is 12.1 Å². The summed E-state index contributed by atoms with van der Waals surface area (Å²) >= 11 is 0. The molecule has 0 saturated carbocycles. The summed E-state index contributed by atoms with van der Waals surface area (Å²) in [5.41, 5.74) is 3.10. The molecule has 0 N–H and O–H groups in total. The van der Waals surface area contributed by atoms with Crippen molar-refractivity contribution in [1.29, 1.82) is 0 Å². The lowest BCUT2D eigenvalue weighted by Gasteiger charge is -2.20. The number of hydrogen-bond acceptors (Lipinski definition) is 2. The second-order valence-corrected chi connectivity index (χ2v) is 6.04. The molecule has 3 heteroatoms. The number of pyridine rings is 1. The van der Waals surface area contributed by atoms with Gasteiger partial charge in [-0.2, -0.15) is 4.73 Å². The van der Waals surface area contributed by atoms with Crippen molar-refractivity contribution in [2.24, 2.45) is 0 Å². The van der Waals surface area contributed by atoms with E-state index in [9.17, 15) is 5.21 Å². The Morgan fingerprint density at radius 3 is 2.50 bits per heavy atom. The number of hydrogen-bond donors (Lipinski definition) is 0. The van der Waals surface area contributed by atoms with Crippen LogP contribution in [0.2, 0.25) is 0 Å². The van der Waals surface area contributed by atoms with Gasteiger partial charge in [-0.05, 0) is 35.6 Å². The topological polar surface area (TPSA) is 36.2 Å². The minimum Gasteiger partial charge on any atom is -0.618 e. The number of rotatable bonds is 3. The third-order valence-corrected chi connectivity index (χ3v) is 3.32. The molecule has 1 aromatic heterocycles. The predicted molar refractivity (Wildman–Crippen MR) is 79.6 cm³/mol. The molecule has 0 saturated heterocycles. The minimum absolute atomic E-state index is 0.126. The second kappa shape index (κ2) is 5.53. The predicted octanol–water partition coefficient (Wildman–Crippen LogP) is 3.50. The van der Waals surface area contributed by atoms with E-state index in [2.05, 4.69) is 32.9 Å². The molecular formula is C17H21NO2. The van der Waals surface area contributed by atoms with Gasteiger partial charge in [0.25, 0.3) is 0 Å². The average Bonchev–Trinajstić information content (AvgIpc) is 2.38. The summed E-state index contributed by atoms with van der Waals surface area (Å²) in [5, 5.41) is 11.5. The molecular weight excluding hydrogens is 250 g/mol. The molecule has 0 radical (unpaired) electrons. The van der Waals surface area contributed by atoms with Crippen LogP contribution in [0, 0.1) is 12.1 Å². The standard InChI is InChI=1S/C17H21NO2/c1-13-11-14(17(2,3)4)8-9-16(13)20-12-15-7-5-6-10-18(15)19/h5-11H,12H2,1-4H3. The Kier molecular flexibility index (Phi) is 3.98. The maximum atomic E-state index is 11.5. The van der Waals surface area contributed by atoms with Gasteiger partial charge in [0.2, 0.25) is 5.69 Å². The van der Waals surface area contributed by atoms with Gasteiger partial charge in [-0.3, -0.25) is 0 Å². The molecule has 3 nitrogen and oxygen atoms in total. The van der Waals surface area contributed by atoms with Gasteiger partial charge in [0.05, 0.1) is 0 Å². The maximum absolute atomic E-state index is 11.5. The van der Waals surface area contributed by atoms with Crippen LogP contribution in [-0.2, 0) is 12.0 Å². The average molecular weight is 271 g/mol. The van der Waals surface area contributed by atoms with E-state index < -0.39 is 0 Å². The fourth-order valence-corrected chi connectivity index (χ4v) is 2.00. The quantitative estimate of drug-likeness (QED) is 0.632. The highest BCUT2D eigenvalue weighted by molar-refractivity contribution is 5.38. The first-order valence-electron chi connectivity index (χ1n) is 6.79. The largest absolute Gasteiger partial charge is 0.618 e. The number of aromatic nitrogens is 1. The van der Waals surface area contributed by atoms with Gasteiger partial charge in [0.1, 0.15) is 5.75 Å². The van der Waals surface area contributed by atoms with Crippen molar-refractivity contribution in [3.63, 3.8) is 0 Å². The summed E-state index contributed by atoms with van der Waals surface area (Å²) in [5.74, 6) is 0.821. The molecule has 0 unspecified atom stereocenters. The van der Waals surface area contributed by atoms with Crippen molar-refractivity contribution >= 4 is 0 Å². The molecule has 20 heavy (non-hydrogen) atoms. The molecule has 0 bridgehead atoms. The fraction of sp³-hybridized carbons (Fsp3) is 0.353. The maximum Gasteiger partial charge on any atom is 0.230 e. The Balaban J connectivity index is 2.13. The summed E-state index contributed by atoms with van der Waals surface area (Å²) in [6, 6.07) is 11.5. The Morgan fingerprint density at radius 1 is 1.15 bits per heavy atom. The van der Waals surface area contributed by atoms with Gasteiger partial charge >= 0.3 is 0 Å². The lowest BCUT2D eigenvalue weighted by molar-refractivity contribution is -0.616. The molecule has 0 amide bonds. The third-order valence-electron chi connectivity index (χ3n) is 3.32. The molecule has 1 aromatic carbocycles. The van der Waals surface area contributed by atoms with Crippen molar-refractivity contribution < 1.29 is 9.47 Å². The van der Waals surface area contributed by atoms with E-state index in [0.29, 0.717) is 5.69 Å². The van der Waals surface area contributed by atoms with Gasteiger partial charge < -0.3 is 9.94 Å². The summed E-state index contributed by atoms with van der Waals surface area (Å²) < 4.78 is 6.58. The molecule has 0 spiro atoms. The second-order valence-electron chi connectivity index (χ2n) is 6.04. The molecule has 0 aliphatic carbocycles. The van der Waals surface area contributed by atoms with Gasteiger partial charge in [-0.1, -0.05) is 32.9 Å². The Morgan fingerprint density at radius 2 is 1.90 bits per heavy atom. The van der Waals surface area contributed by atoms with Crippen molar-refractivity contribution in [3.05, 3.63) is 64.6 Å². The number of aryl methyl sites for hydroxylation is 1. The van der Waals surface area contributed by atoms with Crippen LogP contribution in [-0.4, -0.2) is 0 Å². The Labute approximate surface area is 120 Å². The molecule has 106 valence electrons. The highest BCUT2D eigenvalue weighted by atomic mass is 16.5. The first-order valence-corrected chi connectivity index (χ1v) is 6.79. The van der Waals surface area contributed by atoms with E-state index in [1.165, 1.54) is 11.8 Å². The first-order chi connectivity index (χ1) is 9.38. The van der Waals surface area contributed by atoms with E-state index in [0.717, 1.165) is 16.0 Å². The number of ether oxygens (including phenoxy) is 1. The van der Waals surface area contributed by atoms with E-state index in [4.69, 9.17) is 4.74 Å². The zero-order chi connectivity index (χ0) is 14.8. The molecule has 0 fully saturated rings. The van der Waals surface area contributed by atoms with Crippen LogP contribution in [0.25, 0.3) is 0 Å². The van der Waals surface area contributed by atoms with Crippen LogP contribution in [0.5, 0.6) is 5.75 Å². The summed E-state index contributed by atoms with van der Waals surface area (Å²) in [6.45, 7) is 8.87. The smallest absolute Gasteiger partial charge is 0.230 e. The highest BCUT2D eigenvalue weighted by Crippen LogP contribution is 2.27. The van der Waals surface area contributed by atoms with Crippen LogP contribution < -0.4 is 9.47 Å². The lowest BCUT2D eigenvalue weighted by atomic mass is 9.86. The normalized spacial score (nSPS) is 11.4. The van der Waals surface area contributed by atoms with Gasteiger partial charge in [0.15, 0.2) is 12.8 Å². The monoisotopic (exact) mass is 271 g/mol. The first kappa shape index (κ1) is 14.4. The fourth-order valence-electron chi connectivity index (χ4n) is 2.00. The molecule has 1 heterocycles. The summed E-state index contributed by atoms with van der Waals surface area (Å²) in [7, 11) is 0. The van der Waals surface area contributed by atoms with Gasteiger partial charge in [-0.25, -0.2) is 0 Å². The number of nitrogens with zero attached hydrogens (tertiary/aromatic N) is 1. The zero-order valence-electron chi connectivity index (χ0n) is 12.5. The number of benzene rings is 1. The van der Waals surface area contributed by atoms with Crippen molar-refractivity contribution in [3.8, 4) is 5.75 Å². The van der Waals surface area contributed by atoms with Gasteiger partial charge in [0, 0.05) is 12.1 Å². The molecule has 0 atom stereocenters. The molecule has 2 aromatic rings. The third kappa shape index (κ3) is 3.29. The van der Waals surface area contributed by atoms with Crippen molar-refractivity contribution in [2.75, 3.05) is 0 Å². The summed E-state index contributed by atoms with van der Waals surface area (Å²) in [4.78, 5) is 0. The molecule has 2 rings (SSSR count). The van der Waals surface area contributed by atoms with Crippen molar-refractivity contribution in [2.45, 2.75) is 39.7 Å². The lowest BCUT2D eigenvalue weighted by Crippen LogP contribution is -2.31. The van der Waals surface area contributed by atoms with E-state index in [1.807, 2.05) is 19.1 Å². The van der Waals surface area contributed by atoms with Crippen molar-refractivity contribution in [1.82, 2.24) is 0 Å². The van der Waals surface area contributed by atoms with Crippen LogP contribution >= 0.6 is 0 Å². The van der Waals surface area contributed by atoms with Crippen LogP contribution in [0.15, 0.2) is 42.6 Å². The van der Waals surface area contributed by atoms with Crippen LogP contribution in [0.4, 0.5) is 0 Å². The van der Waals surface area contributed by atoms with E-state index in [-0.39, 0.29) is 12.0 Å². The highest BCUT2D eigenvalue weighted by Gasteiger charge is 2.15. The van der Waals surface area contributed by atoms with Crippen LogP contribution in [0.3, 0.4) is 0 Å². The minimum atomic E-state index is 0.126. The molecule has 0 aliphatic heterocycles. The zero-order valence-corrected chi connectivity index (χ0v) is 12.5. The Bertz CT molecular complexity index is 600. The van der Waals surface area contributed by atoms with Crippen LogP contribution in [0.1, 0.15) is 37.6 Å². The summed E-state index contributed by atoms with van der Waals surface area (Å²) in [6.07, 6.45) is 1.48. The Hall–Kier alpha value is -2.03. The molecule has 0 aliphatic rings. The SMILES string of the molecule is Cc1cc(C(C)(C)C)ccc1OCc1cccc[n+]1[O-]. The van der Waals surface area contributed by atoms with E-state index >= 15 is 0 Å². The van der Waals surface area contributed by atoms with Gasteiger partial charge in [-0.15, -0.1) is 0 Å².